The Morgan fingerprint density at radius 1 is 1.41 bits per heavy atom. The van der Waals surface area contributed by atoms with Gasteiger partial charge >= 0.3 is 11.9 Å². The number of carbonyl (C=O) groups excluding carboxylic acids is 2. The van der Waals surface area contributed by atoms with Gasteiger partial charge in [-0.05, 0) is 5.56 Å². The lowest BCUT2D eigenvalue weighted by atomic mass is 9.93. The zero-order valence-corrected chi connectivity index (χ0v) is 9.59. The Labute approximate surface area is 99.5 Å². The summed E-state index contributed by atoms with van der Waals surface area (Å²) in [5.74, 6) is -0.626. The van der Waals surface area contributed by atoms with Crippen molar-refractivity contribution in [3.63, 3.8) is 0 Å². The second-order valence-electron chi connectivity index (χ2n) is 4.05. The lowest BCUT2D eigenvalue weighted by molar-refractivity contribution is -0.151. The molecule has 2 atom stereocenters. The van der Waals surface area contributed by atoms with Crippen LogP contribution in [0.1, 0.15) is 24.8 Å². The summed E-state index contributed by atoms with van der Waals surface area (Å²) >= 11 is 0. The Hall–Kier alpha value is -1.84. The molecule has 0 saturated carbocycles. The molecule has 2 rings (SSSR count). The van der Waals surface area contributed by atoms with E-state index in [4.69, 9.17) is 9.47 Å². The summed E-state index contributed by atoms with van der Waals surface area (Å²) < 4.78 is 10.1. The Morgan fingerprint density at radius 2 is 2.12 bits per heavy atom. The number of esters is 2. The second-order valence-corrected chi connectivity index (χ2v) is 4.05. The summed E-state index contributed by atoms with van der Waals surface area (Å²) in [7, 11) is 0. The number of ether oxygens (including phenoxy) is 2. The maximum absolute atomic E-state index is 11.3. The van der Waals surface area contributed by atoms with E-state index >= 15 is 0 Å². The lowest BCUT2D eigenvalue weighted by Crippen LogP contribution is -2.22. The van der Waals surface area contributed by atoms with E-state index in [0.717, 1.165) is 5.56 Å². The van der Waals surface area contributed by atoms with Crippen LogP contribution in [0.25, 0.3) is 0 Å². The molecule has 1 saturated heterocycles. The molecule has 0 aliphatic carbocycles. The number of carbonyl (C=O) groups is 2. The molecule has 4 heteroatoms. The minimum absolute atomic E-state index is 0.0250. The molecule has 1 aliphatic rings. The smallest absolute Gasteiger partial charge is 0.306 e. The Morgan fingerprint density at radius 3 is 2.76 bits per heavy atom. The van der Waals surface area contributed by atoms with E-state index in [1.165, 1.54) is 6.92 Å². The van der Waals surface area contributed by atoms with Gasteiger partial charge in [-0.1, -0.05) is 30.3 Å². The third-order valence-electron chi connectivity index (χ3n) is 2.80. The molecule has 1 heterocycles. The Bertz CT molecular complexity index is 413. The van der Waals surface area contributed by atoms with E-state index in [0.29, 0.717) is 6.42 Å². The van der Waals surface area contributed by atoms with Crippen molar-refractivity contribution in [3.05, 3.63) is 35.9 Å². The van der Waals surface area contributed by atoms with Gasteiger partial charge in [0.1, 0.15) is 12.7 Å². The minimum Gasteiger partial charge on any atom is -0.462 e. The summed E-state index contributed by atoms with van der Waals surface area (Å²) in [5.41, 5.74) is 1.04. The fourth-order valence-electron chi connectivity index (χ4n) is 1.99. The van der Waals surface area contributed by atoms with Gasteiger partial charge in [0.05, 0.1) is 6.42 Å². The van der Waals surface area contributed by atoms with E-state index in [1.807, 2.05) is 30.3 Å². The first-order chi connectivity index (χ1) is 8.16. The average molecular weight is 234 g/mol. The molecular formula is C13H14O4. The van der Waals surface area contributed by atoms with Crippen LogP contribution in [0.5, 0.6) is 0 Å². The number of rotatable bonds is 3. The summed E-state index contributed by atoms with van der Waals surface area (Å²) in [4.78, 5) is 22.1. The quantitative estimate of drug-likeness (QED) is 0.746. The number of hydrogen-bond donors (Lipinski definition) is 0. The topological polar surface area (TPSA) is 52.6 Å². The predicted octanol–water partition coefficient (Wildman–Crippen LogP) is 1.65. The Balaban J connectivity index is 2.09. The van der Waals surface area contributed by atoms with Crippen LogP contribution in [0.3, 0.4) is 0 Å². The van der Waals surface area contributed by atoms with Crippen molar-refractivity contribution in [1.82, 2.24) is 0 Å². The maximum Gasteiger partial charge on any atom is 0.306 e. The zero-order chi connectivity index (χ0) is 12.3. The number of benzene rings is 1. The first-order valence-corrected chi connectivity index (χ1v) is 5.54. The molecule has 0 radical (unpaired) electrons. The largest absolute Gasteiger partial charge is 0.462 e. The van der Waals surface area contributed by atoms with Gasteiger partial charge in [-0.25, -0.2) is 0 Å². The molecule has 0 amide bonds. The normalized spacial score (nSPS) is 23.2. The van der Waals surface area contributed by atoms with E-state index < -0.39 is 0 Å². The van der Waals surface area contributed by atoms with Crippen LogP contribution in [-0.4, -0.2) is 24.6 Å². The van der Waals surface area contributed by atoms with Crippen molar-refractivity contribution in [1.29, 1.82) is 0 Å². The highest BCUT2D eigenvalue weighted by Gasteiger charge is 2.36. The molecule has 90 valence electrons. The number of cyclic esters (lactones) is 1. The monoisotopic (exact) mass is 234 g/mol. The van der Waals surface area contributed by atoms with Crippen molar-refractivity contribution in [3.8, 4) is 0 Å². The minimum atomic E-state index is -0.367. The summed E-state index contributed by atoms with van der Waals surface area (Å²) in [6.45, 7) is 1.47. The predicted molar refractivity (Wildman–Crippen MR) is 60.3 cm³/mol. The van der Waals surface area contributed by atoms with Gasteiger partial charge in [0, 0.05) is 12.8 Å². The van der Waals surface area contributed by atoms with Gasteiger partial charge < -0.3 is 9.47 Å². The van der Waals surface area contributed by atoms with Crippen molar-refractivity contribution in [2.75, 3.05) is 6.61 Å². The van der Waals surface area contributed by atoms with Gasteiger partial charge in [-0.2, -0.15) is 0 Å². The van der Waals surface area contributed by atoms with Crippen LogP contribution in [0, 0.1) is 0 Å². The summed E-state index contributed by atoms with van der Waals surface area (Å²) in [6, 6.07) is 9.66. The second kappa shape index (κ2) is 4.99. The molecule has 1 fully saturated rings. The molecule has 0 bridgehead atoms. The summed E-state index contributed by atoms with van der Waals surface area (Å²) in [6.07, 6.45) is -0.0237. The fourth-order valence-corrected chi connectivity index (χ4v) is 1.99. The highest BCUT2D eigenvalue weighted by atomic mass is 16.6. The van der Waals surface area contributed by atoms with Gasteiger partial charge in [0.25, 0.3) is 0 Å². The maximum atomic E-state index is 11.3. The molecule has 0 aromatic heterocycles. The molecule has 1 aromatic carbocycles. The van der Waals surface area contributed by atoms with Crippen LogP contribution < -0.4 is 0 Å². The van der Waals surface area contributed by atoms with Crippen LogP contribution in [0.15, 0.2) is 30.3 Å². The van der Waals surface area contributed by atoms with Gasteiger partial charge in [0.2, 0.25) is 0 Å². The highest BCUT2D eigenvalue weighted by Crippen LogP contribution is 2.32. The van der Waals surface area contributed by atoms with E-state index in [2.05, 4.69) is 0 Å². The van der Waals surface area contributed by atoms with Crippen LogP contribution in [0.4, 0.5) is 0 Å². The van der Waals surface area contributed by atoms with E-state index in [-0.39, 0.29) is 30.6 Å². The molecule has 0 unspecified atom stereocenters. The van der Waals surface area contributed by atoms with E-state index in [1.54, 1.807) is 0 Å². The first kappa shape index (κ1) is 11.6. The van der Waals surface area contributed by atoms with Gasteiger partial charge in [-0.15, -0.1) is 0 Å². The Kier molecular flexibility index (Phi) is 3.42. The van der Waals surface area contributed by atoms with Crippen molar-refractivity contribution < 1.29 is 19.1 Å². The fraction of sp³-hybridized carbons (Fsp3) is 0.385. The molecule has 1 aromatic rings. The van der Waals surface area contributed by atoms with Crippen molar-refractivity contribution in [2.45, 2.75) is 25.4 Å². The van der Waals surface area contributed by atoms with Gasteiger partial charge in [-0.3, -0.25) is 9.59 Å². The average Bonchev–Trinajstić information content (AvgIpc) is 2.69. The molecular weight excluding hydrogens is 220 g/mol. The third kappa shape index (κ3) is 2.84. The SMILES string of the molecule is CC(=O)OC[C@H]1OC(=O)C[C@@H]1c1ccccc1. The van der Waals surface area contributed by atoms with Gasteiger partial charge in [0.15, 0.2) is 0 Å². The van der Waals surface area contributed by atoms with E-state index in [9.17, 15) is 9.59 Å². The van der Waals surface area contributed by atoms with Crippen molar-refractivity contribution >= 4 is 11.9 Å². The van der Waals surface area contributed by atoms with Crippen LogP contribution in [0.2, 0.25) is 0 Å². The van der Waals surface area contributed by atoms with Crippen LogP contribution >= 0.6 is 0 Å². The lowest BCUT2D eigenvalue weighted by Gasteiger charge is -2.17. The summed E-state index contributed by atoms with van der Waals surface area (Å²) in [5, 5.41) is 0. The molecule has 4 nitrogen and oxygen atoms in total. The standard InChI is InChI=1S/C13H14O4/c1-9(14)16-8-12-11(7-13(15)17-12)10-5-3-2-4-6-10/h2-6,11-12H,7-8H2,1H3/t11-,12-/m1/s1. The zero-order valence-electron chi connectivity index (χ0n) is 9.59. The molecule has 0 spiro atoms. The highest BCUT2D eigenvalue weighted by molar-refractivity contribution is 5.73. The van der Waals surface area contributed by atoms with Crippen LogP contribution in [-0.2, 0) is 19.1 Å². The third-order valence-corrected chi connectivity index (χ3v) is 2.80. The number of hydrogen-bond acceptors (Lipinski definition) is 4. The molecule has 1 aliphatic heterocycles. The first-order valence-electron chi connectivity index (χ1n) is 5.54. The molecule has 0 N–H and O–H groups in total. The molecule has 17 heavy (non-hydrogen) atoms. The van der Waals surface area contributed by atoms with Crippen molar-refractivity contribution in [2.24, 2.45) is 0 Å².